The number of rotatable bonds is 2. The van der Waals surface area contributed by atoms with E-state index in [1.165, 1.54) is 0 Å². The van der Waals surface area contributed by atoms with Gasteiger partial charge in [-0.25, -0.2) is 0 Å². The summed E-state index contributed by atoms with van der Waals surface area (Å²) in [7, 11) is 0. The summed E-state index contributed by atoms with van der Waals surface area (Å²) < 4.78 is 3.08. The summed E-state index contributed by atoms with van der Waals surface area (Å²) in [4.78, 5) is 0. The van der Waals surface area contributed by atoms with Crippen molar-refractivity contribution in [1.29, 1.82) is 0 Å². The van der Waals surface area contributed by atoms with Gasteiger partial charge in [-0.2, -0.15) is 0 Å². The molecule has 0 unspecified atom stereocenters. The van der Waals surface area contributed by atoms with Crippen molar-refractivity contribution in [1.82, 2.24) is 0 Å². The molecule has 0 saturated carbocycles. The average Bonchev–Trinajstić information content (AvgIpc) is 1.14. The van der Waals surface area contributed by atoms with Gasteiger partial charge in [0.15, 0.2) is 0 Å². The summed E-state index contributed by atoms with van der Waals surface area (Å²) in [5.41, 5.74) is 0. The van der Waals surface area contributed by atoms with Gasteiger partial charge >= 0.3 is 51.7 Å². The molecule has 9 nitrogen and oxygen atoms in total. The zero-order chi connectivity index (χ0) is 7.71. The average molecular weight is 216 g/mol. The molecule has 0 bridgehead atoms. The molecule has 0 heterocycles. The number of hydrogen-bond donors (Lipinski definition) is 6. The first-order chi connectivity index (χ1) is 3.71. The second-order valence-electron chi connectivity index (χ2n) is 1.46. The van der Waals surface area contributed by atoms with Crippen LogP contribution in [0.5, 0.6) is 0 Å². The van der Waals surface area contributed by atoms with Gasteiger partial charge in [0.1, 0.15) is 0 Å². The molecule has 0 aromatic carbocycles. The molecule has 12 heavy (non-hydrogen) atoms. The van der Waals surface area contributed by atoms with Crippen LogP contribution in [0.25, 0.3) is 0 Å². The molecular weight excluding hydrogens is 206 g/mol. The first kappa shape index (κ1) is 23.1. The smallest absolute Gasteiger partial charge is 0.676 e. The Morgan fingerprint density at radius 3 is 0.833 bits per heavy atom. The van der Waals surface area contributed by atoms with Crippen LogP contribution >= 0.6 is 0 Å². The van der Waals surface area contributed by atoms with Gasteiger partial charge in [0.25, 0.3) is 0 Å². The van der Waals surface area contributed by atoms with Gasteiger partial charge in [0, 0.05) is 0 Å². The predicted octanol–water partition coefficient (Wildman–Crippen LogP) is -6.20. The van der Waals surface area contributed by atoms with Gasteiger partial charge in [0.05, 0.1) is 0 Å². The van der Waals surface area contributed by atoms with Gasteiger partial charge in [0.2, 0.25) is 0 Å². The van der Waals surface area contributed by atoms with E-state index in [0.29, 0.717) is 0 Å². The summed E-state index contributed by atoms with van der Waals surface area (Å²) in [5.74, 6) is 0. The Hall–Kier alpha value is 1.03. The van der Waals surface area contributed by atoms with Crippen LogP contribution in [0.15, 0.2) is 0 Å². The minimum atomic E-state index is -4.31. The van der Waals surface area contributed by atoms with Crippen LogP contribution in [0.1, 0.15) is 0 Å². The van der Waals surface area contributed by atoms with Crippen LogP contribution in [-0.4, -0.2) is 92.7 Å². The second-order valence-corrected chi connectivity index (χ2v) is 1.46. The van der Waals surface area contributed by atoms with Crippen molar-refractivity contribution in [3.05, 3.63) is 0 Å². The maximum Gasteiger partial charge on any atom is 2.00 e. The van der Waals surface area contributed by atoms with E-state index in [0.717, 1.165) is 0 Å². The minimum absolute atomic E-state index is 0. The quantitative estimate of drug-likeness (QED) is 0.247. The maximum absolute atomic E-state index is 7.84. The van der Waals surface area contributed by atoms with Crippen molar-refractivity contribution in [3.63, 3.8) is 0 Å². The normalized spacial score (nSPS) is 10.5. The summed E-state index contributed by atoms with van der Waals surface area (Å²) >= 11 is 0. The molecule has 0 aliphatic carbocycles. The van der Waals surface area contributed by atoms with Crippen molar-refractivity contribution >= 4 is 51.7 Å². The standard InChI is InChI=1S/B2H6O7.Ca.2H2O/c3-1(4,5)9-2(6,7)8;;;/h3-8H;;2*1H2/q-2;+2;;. The maximum atomic E-state index is 7.84. The van der Waals surface area contributed by atoms with E-state index < -0.39 is 13.9 Å². The van der Waals surface area contributed by atoms with Crippen LogP contribution < -0.4 is 0 Å². The molecule has 0 spiro atoms. The van der Waals surface area contributed by atoms with Gasteiger partial charge < -0.3 is 45.7 Å². The van der Waals surface area contributed by atoms with Gasteiger partial charge in [-0.1, -0.05) is 0 Å². The molecule has 0 atom stereocenters. The summed E-state index contributed by atoms with van der Waals surface area (Å²) in [5, 5.41) is 47.0. The van der Waals surface area contributed by atoms with Crippen molar-refractivity contribution < 1.29 is 45.7 Å². The van der Waals surface area contributed by atoms with Gasteiger partial charge in [-0.3, -0.25) is 0 Å². The third-order valence-corrected chi connectivity index (χ3v) is 0.365. The van der Waals surface area contributed by atoms with E-state index in [1.54, 1.807) is 0 Å². The Morgan fingerprint density at radius 1 is 0.667 bits per heavy atom. The van der Waals surface area contributed by atoms with Gasteiger partial charge in [-0.15, -0.1) is 0 Å². The SMILES string of the molecule is O.O.O[B-](O)(O)O[B-](O)(O)O.[Ca+2]. The molecule has 0 rings (SSSR count). The third kappa shape index (κ3) is 22.5. The molecule has 0 radical (unpaired) electrons. The Kier molecular flexibility index (Phi) is 14.3. The van der Waals surface area contributed by atoms with Crippen LogP contribution in [-0.2, 0) is 4.57 Å². The molecule has 12 heteroatoms. The van der Waals surface area contributed by atoms with Crippen LogP contribution in [0, 0.1) is 0 Å². The van der Waals surface area contributed by atoms with Crippen LogP contribution in [0.2, 0.25) is 0 Å². The van der Waals surface area contributed by atoms with Crippen molar-refractivity contribution in [2.75, 3.05) is 0 Å². The van der Waals surface area contributed by atoms with E-state index in [4.69, 9.17) is 30.1 Å². The zero-order valence-corrected chi connectivity index (χ0v) is 8.16. The predicted molar refractivity (Wildman–Crippen MR) is 38.9 cm³/mol. The molecule has 0 saturated heterocycles. The molecular formula is H10B2CaO9. The van der Waals surface area contributed by atoms with Crippen LogP contribution in [0.3, 0.4) is 0 Å². The Balaban J connectivity index is -0.000000107. The van der Waals surface area contributed by atoms with Crippen molar-refractivity contribution in [2.24, 2.45) is 0 Å². The van der Waals surface area contributed by atoms with E-state index in [1.807, 2.05) is 0 Å². The third-order valence-electron chi connectivity index (χ3n) is 0.365. The molecule has 0 fully saturated rings. The molecule has 0 aliphatic rings. The fraction of sp³-hybridized carbons (Fsp3) is 0. The Morgan fingerprint density at radius 2 is 0.833 bits per heavy atom. The summed E-state index contributed by atoms with van der Waals surface area (Å²) in [6.07, 6.45) is 0. The van der Waals surface area contributed by atoms with Gasteiger partial charge in [-0.05, 0) is 0 Å². The fourth-order valence-corrected chi connectivity index (χ4v) is 0.245. The van der Waals surface area contributed by atoms with E-state index in [9.17, 15) is 0 Å². The molecule has 0 aromatic heterocycles. The Labute approximate surface area is 96.9 Å². The first-order valence-corrected chi connectivity index (χ1v) is 2.02. The second kappa shape index (κ2) is 7.43. The number of hydrogen-bond acceptors (Lipinski definition) is 7. The molecule has 72 valence electrons. The summed E-state index contributed by atoms with van der Waals surface area (Å²) in [6.45, 7) is -8.62. The van der Waals surface area contributed by atoms with Crippen molar-refractivity contribution in [2.45, 2.75) is 0 Å². The molecule has 0 aromatic rings. The molecule has 0 amide bonds. The first-order valence-electron chi connectivity index (χ1n) is 2.02. The molecule has 0 aliphatic heterocycles. The van der Waals surface area contributed by atoms with Crippen LogP contribution in [0.4, 0.5) is 0 Å². The monoisotopic (exact) mass is 216 g/mol. The Bertz CT molecular complexity index is 77.7. The largest absolute Gasteiger partial charge is 2.00 e. The minimum Gasteiger partial charge on any atom is -0.676 e. The fourth-order valence-electron chi connectivity index (χ4n) is 0.245. The summed E-state index contributed by atoms with van der Waals surface area (Å²) in [6, 6.07) is 0. The topological polar surface area (TPSA) is 194 Å². The molecule has 10 N–H and O–H groups in total. The van der Waals surface area contributed by atoms with E-state index in [-0.39, 0.29) is 48.7 Å². The van der Waals surface area contributed by atoms with Crippen molar-refractivity contribution in [3.8, 4) is 0 Å². The van der Waals surface area contributed by atoms with E-state index in [2.05, 4.69) is 4.57 Å². The zero-order valence-electron chi connectivity index (χ0n) is 5.95. The van der Waals surface area contributed by atoms with E-state index >= 15 is 0 Å².